The minimum atomic E-state index is -4.13. The molecule has 17 nitrogen and oxygen atoms in total. The first-order valence-corrected chi connectivity index (χ1v) is 27.9. The van der Waals surface area contributed by atoms with Crippen LogP contribution >= 0.6 is 11.3 Å². The molecule has 3 aliphatic heterocycles. The Morgan fingerprint density at radius 3 is 2.16 bits per heavy atom. The number of hydrogen-bond donors (Lipinski definition) is 3. The summed E-state index contributed by atoms with van der Waals surface area (Å²) < 4.78 is 70.1. The molecule has 9 rings (SSSR count). The molecule has 6 aromatic rings. The van der Waals surface area contributed by atoms with Crippen molar-refractivity contribution in [1.82, 2.24) is 29.9 Å². The van der Waals surface area contributed by atoms with Crippen molar-refractivity contribution in [3.63, 3.8) is 0 Å². The maximum atomic E-state index is 16.1. The van der Waals surface area contributed by atoms with Crippen molar-refractivity contribution < 1.29 is 60.7 Å². The van der Waals surface area contributed by atoms with E-state index in [0.717, 1.165) is 56.4 Å². The van der Waals surface area contributed by atoms with Gasteiger partial charge in [0.1, 0.15) is 17.2 Å². The number of morpholine rings is 1. The fraction of sp³-hybridized carbons (Fsp3) is 0.339. The highest BCUT2D eigenvalue weighted by molar-refractivity contribution is 7.12. The average molecular weight is 1110 g/mol. The Morgan fingerprint density at radius 1 is 0.738 bits per heavy atom. The van der Waals surface area contributed by atoms with E-state index in [-0.39, 0.29) is 49.9 Å². The lowest BCUT2D eigenvalue weighted by Gasteiger charge is -2.30. The number of ketones is 1. The van der Waals surface area contributed by atoms with Crippen molar-refractivity contribution in [3.05, 3.63) is 153 Å². The molecule has 420 valence electrons. The molecule has 6 heterocycles. The minimum absolute atomic E-state index is 0.0768. The number of allylic oxidation sites excluding steroid dienone is 2. The molecule has 0 spiro atoms. The molecule has 21 heteroatoms. The molecule has 0 unspecified atom stereocenters. The zero-order chi connectivity index (χ0) is 55.7. The van der Waals surface area contributed by atoms with Crippen LogP contribution in [0.4, 0.5) is 8.63 Å². The minimum Gasteiger partial charge on any atom is -0.497 e. The van der Waals surface area contributed by atoms with Crippen LogP contribution in [0, 0.1) is 0 Å². The number of rotatable bonds is 30. The van der Waals surface area contributed by atoms with Crippen LogP contribution in [0.15, 0.2) is 120 Å². The molecule has 80 heavy (non-hydrogen) atoms. The van der Waals surface area contributed by atoms with E-state index in [1.807, 2.05) is 35.8 Å². The predicted molar refractivity (Wildman–Crippen MR) is 305 cm³/mol. The largest absolute Gasteiger partial charge is 0.737 e. The van der Waals surface area contributed by atoms with Gasteiger partial charge in [-0.1, -0.05) is 30.7 Å². The van der Waals surface area contributed by atoms with Gasteiger partial charge in [-0.25, -0.2) is 0 Å². The van der Waals surface area contributed by atoms with E-state index in [2.05, 4.69) is 25.4 Å². The van der Waals surface area contributed by atoms with Gasteiger partial charge >= 0.3 is 6.97 Å². The van der Waals surface area contributed by atoms with Crippen molar-refractivity contribution in [2.24, 2.45) is 0 Å². The van der Waals surface area contributed by atoms with Crippen LogP contribution in [-0.2, 0) is 35.1 Å². The van der Waals surface area contributed by atoms with E-state index in [9.17, 15) is 19.2 Å². The van der Waals surface area contributed by atoms with E-state index < -0.39 is 6.97 Å². The Hall–Kier alpha value is -7.69. The number of carbonyl (C=O) groups is 4. The van der Waals surface area contributed by atoms with Crippen molar-refractivity contribution in [3.8, 4) is 17.2 Å². The third kappa shape index (κ3) is 15.0. The zero-order valence-corrected chi connectivity index (χ0v) is 45.6. The van der Waals surface area contributed by atoms with Gasteiger partial charge in [-0.15, -0.1) is 11.3 Å². The highest BCUT2D eigenvalue weighted by Crippen LogP contribution is 2.35. The van der Waals surface area contributed by atoms with Crippen molar-refractivity contribution in [1.29, 1.82) is 0 Å². The number of aromatic nitrogens is 2. The van der Waals surface area contributed by atoms with E-state index >= 15 is 8.63 Å². The summed E-state index contributed by atoms with van der Waals surface area (Å²) >= 11 is 1.43. The molecule has 0 aliphatic carbocycles. The van der Waals surface area contributed by atoms with E-state index in [1.165, 1.54) is 11.3 Å². The van der Waals surface area contributed by atoms with Crippen molar-refractivity contribution in [2.45, 2.75) is 32.2 Å². The summed E-state index contributed by atoms with van der Waals surface area (Å²) in [6.07, 6.45) is 13.1. The molecule has 0 atom stereocenters. The normalized spacial score (nSPS) is 14.7. The fourth-order valence-corrected chi connectivity index (χ4v) is 10.4. The Bertz CT molecular complexity index is 3220. The van der Waals surface area contributed by atoms with Gasteiger partial charge in [0.05, 0.1) is 51.6 Å². The SMILES string of the molecule is COc1ccc(C(=O)c2cn(CCN3CCOCC3)c3ccc(OCC(=O)NCCOCCOCCNC(=O)CCCCCNC(=O)COc4ccc(/C=C/c5ccc6n5[B-](F)(F)[N+]5=C(c7cccs7)C=CC5=C6)cc4)cc23)cc1. The van der Waals surface area contributed by atoms with Gasteiger partial charge in [0.15, 0.2) is 30.4 Å². The number of halogens is 2. The number of hydrogen-bond acceptors (Lipinski definition) is 12. The first-order valence-electron chi connectivity index (χ1n) is 27.0. The number of unbranched alkanes of at least 4 members (excludes halogenated alkanes) is 2. The maximum absolute atomic E-state index is 16.1. The van der Waals surface area contributed by atoms with Crippen LogP contribution in [0.5, 0.6) is 17.2 Å². The van der Waals surface area contributed by atoms with Gasteiger partial charge in [0, 0.05) is 110 Å². The lowest BCUT2D eigenvalue weighted by atomic mass is 9.90. The molecular formula is C59H66BF2N7O10S. The van der Waals surface area contributed by atoms with Crippen LogP contribution in [-0.4, -0.2) is 154 Å². The second-order valence-electron chi connectivity index (χ2n) is 19.3. The number of nitrogens with zero attached hydrogens (tertiary/aromatic N) is 4. The smallest absolute Gasteiger partial charge is 0.497 e. The second-order valence-corrected chi connectivity index (χ2v) is 20.2. The predicted octanol–water partition coefficient (Wildman–Crippen LogP) is 7.30. The summed E-state index contributed by atoms with van der Waals surface area (Å²) in [7, 11) is 1.58. The molecule has 1 saturated heterocycles. The number of carbonyl (C=O) groups excluding carboxylic acids is 4. The number of fused-ring (bicyclic) bond motifs is 3. The molecule has 0 saturated carbocycles. The van der Waals surface area contributed by atoms with E-state index in [4.69, 9.17) is 28.4 Å². The number of nitrogens with one attached hydrogen (secondary N) is 3. The summed E-state index contributed by atoms with van der Waals surface area (Å²) in [6.45, 7) is 2.51. The quantitative estimate of drug-likeness (QED) is 0.0235. The molecule has 1 fully saturated rings. The van der Waals surface area contributed by atoms with E-state index in [0.29, 0.717) is 123 Å². The number of ether oxygens (including phenoxy) is 6. The van der Waals surface area contributed by atoms with Crippen LogP contribution in [0.2, 0.25) is 0 Å². The van der Waals surface area contributed by atoms with Crippen LogP contribution in [0.3, 0.4) is 0 Å². The zero-order valence-electron chi connectivity index (χ0n) is 44.7. The summed E-state index contributed by atoms with van der Waals surface area (Å²) in [5.74, 6) is 0.858. The monoisotopic (exact) mass is 1110 g/mol. The Balaban J connectivity index is 0.581. The number of methoxy groups -OCH3 is 1. The highest BCUT2D eigenvalue weighted by Gasteiger charge is 2.52. The Morgan fingerprint density at radius 2 is 1.44 bits per heavy atom. The van der Waals surface area contributed by atoms with Gasteiger partial charge in [-0.05, 0) is 103 Å². The summed E-state index contributed by atoms with van der Waals surface area (Å²) in [5, 5.41) is 11.1. The van der Waals surface area contributed by atoms with Gasteiger partial charge in [0.2, 0.25) is 5.91 Å². The first-order chi connectivity index (χ1) is 39.0. The summed E-state index contributed by atoms with van der Waals surface area (Å²) in [4.78, 5) is 54.3. The lowest BCUT2D eigenvalue weighted by Crippen LogP contribution is -2.50. The van der Waals surface area contributed by atoms with Crippen LogP contribution in [0.1, 0.15) is 63.4 Å². The molecule has 3 N–H and O–H groups in total. The molecular weight excluding hydrogens is 1050 g/mol. The summed E-state index contributed by atoms with van der Waals surface area (Å²) in [6, 6.07) is 26.7. The third-order valence-corrected chi connectivity index (χ3v) is 14.7. The van der Waals surface area contributed by atoms with Gasteiger partial charge in [-0.2, -0.15) is 0 Å². The topological polar surface area (TPSA) is 176 Å². The lowest BCUT2D eigenvalue weighted by molar-refractivity contribution is -0.360. The van der Waals surface area contributed by atoms with Crippen LogP contribution < -0.4 is 30.2 Å². The Labute approximate surface area is 467 Å². The second kappa shape index (κ2) is 28.0. The maximum Gasteiger partial charge on any atom is 0.737 e. The number of amides is 3. The third-order valence-electron chi connectivity index (χ3n) is 13.8. The van der Waals surface area contributed by atoms with Crippen molar-refractivity contribution in [2.75, 3.05) is 99.2 Å². The highest BCUT2D eigenvalue weighted by atomic mass is 32.1. The first kappa shape index (κ1) is 57.0. The van der Waals surface area contributed by atoms with E-state index in [1.54, 1.807) is 104 Å². The van der Waals surface area contributed by atoms with Crippen molar-refractivity contribution >= 4 is 76.7 Å². The molecule has 3 aromatic heterocycles. The molecule has 3 amide bonds. The average Bonchev–Trinajstić information content (AvgIpc) is 3.79. The Kier molecular flexibility index (Phi) is 19.9. The number of benzene rings is 3. The van der Waals surface area contributed by atoms with Crippen LogP contribution in [0.25, 0.3) is 29.1 Å². The molecule has 0 bridgehead atoms. The number of thiophene rings is 1. The standard InChI is InChI=1S/C59H66BF2N7O10S/c1-74-48-19-11-44(12-20-48)59(73)52-40-67(28-27-66-29-33-77-34-30-66)53-23-21-50(39-51(52)53)79-42-58(72)65-26-32-76-36-35-75-31-25-64-56(70)7-3-2-4-24-63-57(71)41-78-49-17-9-43(10-18-49)8-13-45-14-15-46-38-47-16-22-54(55-6-5-37-80-55)69(47)60(61,62)68(45)46/h5-6,8-23,37-40H,2-4,7,24-36,41-42H2,1H3,(H,63,71)(H,64,70)(H,65,72)/b13-8+. The molecule has 3 aromatic carbocycles. The van der Waals surface area contributed by atoms with Gasteiger partial charge in [-0.3, -0.25) is 24.1 Å². The van der Waals surface area contributed by atoms with Gasteiger partial charge in [0.25, 0.3) is 11.8 Å². The summed E-state index contributed by atoms with van der Waals surface area (Å²) in [5.41, 5.74) is 4.55. The molecule has 3 aliphatic rings. The van der Waals surface area contributed by atoms with Gasteiger partial charge < -0.3 is 66.5 Å². The molecule has 0 radical (unpaired) electrons. The fourth-order valence-electron chi connectivity index (χ4n) is 9.62.